The minimum absolute atomic E-state index is 0.0813. The second-order valence-corrected chi connectivity index (χ2v) is 6.49. The number of nitrogens with zero attached hydrogens (tertiary/aromatic N) is 2. The topological polar surface area (TPSA) is 70.7 Å². The van der Waals surface area contributed by atoms with E-state index in [0.29, 0.717) is 18.5 Å². The van der Waals surface area contributed by atoms with Crippen molar-refractivity contribution in [2.45, 2.75) is 20.3 Å². The van der Waals surface area contributed by atoms with Crippen molar-refractivity contribution in [3.8, 4) is 0 Å². The summed E-state index contributed by atoms with van der Waals surface area (Å²) in [6.45, 7) is 4.45. The zero-order valence-corrected chi connectivity index (χ0v) is 14.8. The Labute approximate surface area is 151 Å². The lowest BCUT2D eigenvalue weighted by Crippen LogP contribution is -2.26. The Bertz CT molecular complexity index is 1080. The van der Waals surface area contributed by atoms with E-state index in [1.54, 1.807) is 0 Å². The van der Waals surface area contributed by atoms with Gasteiger partial charge in [0.25, 0.3) is 5.91 Å². The molecule has 26 heavy (non-hydrogen) atoms. The number of amides is 1. The summed E-state index contributed by atoms with van der Waals surface area (Å²) < 4.78 is 0. The van der Waals surface area contributed by atoms with Gasteiger partial charge in [-0.3, -0.25) is 9.78 Å². The Kier molecular flexibility index (Phi) is 4.13. The zero-order chi connectivity index (χ0) is 18.1. The lowest BCUT2D eigenvalue weighted by atomic mass is 10.0. The Morgan fingerprint density at radius 2 is 1.92 bits per heavy atom. The molecule has 2 aromatic carbocycles. The molecular formula is C21H20N4O. The maximum atomic E-state index is 12.7. The number of para-hydroxylation sites is 3. The normalized spacial score (nSPS) is 11.2. The van der Waals surface area contributed by atoms with Crippen molar-refractivity contribution in [2.75, 3.05) is 6.54 Å². The molecule has 0 aliphatic rings. The number of hydrogen-bond donors (Lipinski definition) is 2. The maximum Gasteiger partial charge on any atom is 0.252 e. The predicted molar refractivity (Wildman–Crippen MR) is 103 cm³/mol. The fraction of sp³-hybridized carbons (Fsp3) is 0.190. The number of benzene rings is 2. The van der Waals surface area contributed by atoms with Crippen molar-refractivity contribution in [2.24, 2.45) is 0 Å². The first-order valence-corrected chi connectivity index (χ1v) is 8.70. The van der Waals surface area contributed by atoms with Gasteiger partial charge in [0.1, 0.15) is 5.82 Å². The second kappa shape index (κ2) is 6.59. The number of H-pyrrole nitrogens is 1. The number of hydrogen-bond acceptors (Lipinski definition) is 3. The highest BCUT2D eigenvalue weighted by molar-refractivity contribution is 6.06. The molecule has 2 N–H and O–H groups in total. The highest BCUT2D eigenvalue weighted by atomic mass is 16.1. The molecule has 2 aromatic heterocycles. The summed E-state index contributed by atoms with van der Waals surface area (Å²) in [6, 6.07) is 15.7. The van der Waals surface area contributed by atoms with Crippen LogP contribution in [0, 0.1) is 13.8 Å². The first-order valence-electron chi connectivity index (χ1n) is 8.70. The van der Waals surface area contributed by atoms with Crippen LogP contribution in [0.5, 0.6) is 0 Å². The zero-order valence-electron chi connectivity index (χ0n) is 14.8. The SMILES string of the molecule is Cc1cc(C(=O)NCCc2nc3ccccc3[nH]2)c2cccc(C)c2n1. The fourth-order valence-electron chi connectivity index (χ4n) is 3.22. The number of aromatic amines is 1. The smallest absolute Gasteiger partial charge is 0.252 e. The molecule has 130 valence electrons. The molecular weight excluding hydrogens is 324 g/mol. The number of fused-ring (bicyclic) bond motifs is 2. The Morgan fingerprint density at radius 3 is 2.77 bits per heavy atom. The summed E-state index contributed by atoms with van der Waals surface area (Å²) in [6.07, 6.45) is 0.654. The Balaban J connectivity index is 1.51. The van der Waals surface area contributed by atoms with Crippen LogP contribution < -0.4 is 5.32 Å². The summed E-state index contributed by atoms with van der Waals surface area (Å²) >= 11 is 0. The molecule has 4 aromatic rings. The van der Waals surface area contributed by atoms with Gasteiger partial charge in [-0.2, -0.15) is 0 Å². The van der Waals surface area contributed by atoms with Gasteiger partial charge in [-0.25, -0.2) is 4.98 Å². The molecule has 2 heterocycles. The summed E-state index contributed by atoms with van der Waals surface area (Å²) in [5.74, 6) is 0.792. The fourth-order valence-corrected chi connectivity index (χ4v) is 3.22. The first-order chi connectivity index (χ1) is 12.6. The van der Waals surface area contributed by atoms with Crippen LogP contribution in [0.1, 0.15) is 27.4 Å². The molecule has 0 aliphatic heterocycles. The number of rotatable bonds is 4. The van der Waals surface area contributed by atoms with E-state index in [-0.39, 0.29) is 5.91 Å². The van der Waals surface area contributed by atoms with Crippen LogP contribution in [0.25, 0.3) is 21.9 Å². The summed E-state index contributed by atoms with van der Waals surface area (Å²) in [5.41, 5.74) is 5.42. The largest absolute Gasteiger partial charge is 0.352 e. The molecule has 0 unspecified atom stereocenters. The van der Waals surface area contributed by atoms with Crippen molar-refractivity contribution in [3.05, 3.63) is 71.2 Å². The number of carbonyl (C=O) groups is 1. The lowest BCUT2D eigenvalue weighted by molar-refractivity contribution is 0.0955. The van der Waals surface area contributed by atoms with E-state index in [4.69, 9.17) is 0 Å². The predicted octanol–water partition coefficient (Wildman–Crippen LogP) is 3.70. The first kappa shape index (κ1) is 16.3. The van der Waals surface area contributed by atoms with Gasteiger partial charge in [0, 0.05) is 24.0 Å². The van der Waals surface area contributed by atoms with Gasteiger partial charge in [0.05, 0.1) is 22.1 Å². The highest BCUT2D eigenvalue weighted by Crippen LogP contribution is 2.21. The van der Waals surface area contributed by atoms with Gasteiger partial charge in [0.15, 0.2) is 0 Å². The number of carbonyl (C=O) groups excluding carboxylic acids is 1. The number of imidazole rings is 1. The maximum absolute atomic E-state index is 12.7. The third-order valence-corrected chi connectivity index (χ3v) is 4.50. The van der Waals surface area contributed by atoms with Crippen LogP contribution in [0.4, 0.5) is 0 Å². The van der Waals surface area contributed by atoms with Gasteiger partial charge in [-0.05, 0) is 37.6 Å². The van der Waals surface area contributed by atoms with Crippen LogP contribution >= 0.6 is 0 Å². The number of pyridine rings is 1. The standard InChI is InChI=1S/C21H20N4O/c1-13-6-5-7-15-16(12-14(2)23-20(13)15)21(26)22-11-10-19-24-17-8-3-4-9-18(17)25-19/h3-9,12H,10-11H2,1-2H3,(H,22,26)(H,24,25). The van der Waals surface area contributed by atoms with Crippen LogP contribution in [0.3, 0.4) is 0 Å². The van der Waals surface area contributed by atoms with Crippen molar-refractivity contribution in [3.63, 3.8) is 0 Å². The third-order valence-electron chi connectivity index (χ3n) is 4.50. The molecule has 0 aliphatic carbocycles. The summed E-state index contributed by atoms with van der Waals surface area (Å²) in [4.78, 5) is 25.1. The average Bonchev–Trinajstić information content (AvgIpc) is 3.04. The van der Waals surface area contributed by atoms with Gasteiger partial charge in [0.2, 0.25) is 0 Å². The lowest BCUT2D eigenvalue weighted by Gasteiger charge is -2.10. The van der Waals surface area contributed by atoms with Gasteiger partial charge in [-0.1, -0.05) is 30.3 Å². The van der Waals surface area contributed by atoms with E-state index in [1.807, 2.05) is 62.4 Å². The van der Waals surface area contributed by atoms with Gasteiger partial charge < -0.3 is 10.3 Å². The molecule has 0 saturated carbocycles. The molecule has 5 heteroatoms. The second-order valence-electron chi connectivity index (χ2n) is 6.49. The van der Waals surface area contributed by atoms with E-state index in [2.05, 4.69) is 20.3 Å². The Morgan fingerprint density at radius 1 is 1.08 bits per heavy atom. The van der Waals surface area contributed by atoms with Crippen molar-refractivity contribution < 1.29 is 4.79 Å². The van der Waals surface area contributed by atoms with E-state index < -0.39 is 0 Å². The molecule has 0 atom stereocenters. The number of nitrogens with one attached hydrogen (secondary N) is 2. The minimum Gasteiger partial charge on any atom is -0.352 e. The summed E-state index contributed by atoms with van der Waals surface area (Å²) in [5, 5.41) is 3.89. The Hall–Kier alpha value is -3.21. The van der Waals surface area contributed by atoms with Crippen LogP contribution in [0.15, 0.2) is 48.5 Å². The van der Waals surface area contributed by atoms with Crippen molar-refractivity contribution in [1.29, 1.82) is 0 Å². The highest BCUT2D eigenvalue weighted by Gasteiger charge is 2.13. The number of aryl methyl sites for hydroxylation is 2. The molecule has 0 fully saturated rings. The van der Waals surface area contributed by atoms with Gasteiger partial charge in [-0.15, -0.1) is 0 Å². The van der Waals surface area contributed by atoms with Crippen LogP contribution in [0.2, 0.25) is 0 Å². The van der Waals surface area contributed by atoms with E-state index >= 15 is 0 Å². The average molecular weight is 344 g/mol. The van der Waals surface area contributed by atoms with Crippen LogP contribution in [-0.2, 0) is 6.42 Å². The van der Waals surface area contributed by atoms with Gasteiger partial charge >= 0.3 is 0 Å². The van der Waals surface area contributed by atoms with E-state index in [0.717, 1.165) is 39.0 Å². The quantitative estimate of drug-likeness (QED) is 0.593. The molecule has 0 radical (unpaired) electrons. The molecule has 0 saturated heterocycles. The number of aromatic nitrogens is 3. The third kappa shape index (κ3) is 3.04. The summed E-state index contributed by atoms with van der Waals surface area (Å²) in [7, 11) is 0. The van der Waals surface area contributed by atoms with Crippen LogP contribution in [-0.4, -0.2) is 27.4 Å². The van der Waals surface area contributed by atoms with E-state index in [9.17, 15) is 4.79 Å². The van der Waals surface area contributed by atoms with Crippen molar-refractivity contribution in [1.82, 2.24) is 20.3 Å². The molecule has 5 nitrogen and oxygen atoms in total. The van der Waals surface area contributed by atoms with E-state index in [1.165, 1.54) is 0 Å². The molecule has 4 rings (SSSR count). The molecule has 1 amide bonds. The minimum atomic E-state index is -0.0813. The molecule has 0 bridgehead atoms. The van der Waals surface area contributed by atoms with Crippen molar-refractivity contribution >= 4 is 27.8 Å². The molecule has 0 spiro atoms. The monoisotopic (exact) mass is 344 g/mol.